The van der Waals surface area contributed by atoms with Crippen molar-refractivity contribution in [2.45, 2.75) is 51.6 Å². The molecule has 3 amide bonds. The first-order chi connectivity index (χ1) is 14.3. The molecule has 5 nitrogen and oxygen atoms in total. The van der Waals surface area contributed by atoms with Crippen molar-refractivity contribution in [3.8, 4) is 0 Å². The van der Waals surface area contributed by atoms with Crippen molar-refractivity contribution in [3.05, 3.63) is 47.5 Å². The molecule has 5 aliphatic rings. The van der Waals surface area contributed by atoms with Crippen LogP contribution >= 0.6 is 0 Å². The van der Waals surface area contributed by atoms with Gasteiger partial charge < -0.3 is 4.90 Å². The molecule has 160 valence electrons. The molecule has 3 fully saturated rings. The zero-order valence-electron chi connectivity index (χ0n) is 18.4. The lowest BCUT2D eigenvalue weighted by molar-refractivity contribution is -0.135. The second kappa shape index (κ2) is 6.94. The normalized spacial score (nSPS) is 29.9. The maximum absolute atomic E-state index is 13.4. The number of amides is 3. The Balaban J connectivity index is 1.25. The average Bonchev–Trinajstić information content (AvgIpc) is 2.92. The van der Waals surface area contributed by atoms with Crippen LogP contribution in [0.25, 0.3) is 0 Å². The van der Waals surface area contributed by atoms with E-state index in [0.29, 0.717) is 12.0 Å². The van der Waals surface area contributed by atoms with Crippen LogP contribution in [0.15, 0.2) is 42.0 Å². The Hall–Kier alpha value is -2.14. The molecule has 0 unspecified atom stereocenters. The number of likely N-dealkylation sites (N-methyl/N-ethyl adjacent to an activating group) is 1. The highest BCUT2D eigenvalue weighted by Crippen LogP contribution is 2.59. The summed E-state index contributed by atoms with van der Waals surface area (Å²) >= 11 is 0. The molecule has 0 aromatic heterocycles. The number of carbonyl (C=O) groups excluding carboxylic acids is 2. The van der Waals surface area contributed by atoms with E-state index in [1.54, 1.807) is 10.5 Å². The van der Waals surface area contributed by atoms with Crippen molar-refractivity contribution in [2.24, 2.45) is 17.3 Å². The van der Waals surface area contributed by atoms with Crippen molar-refractivity contribution in [2.75, 3.05) is 26.7 Å². The maximum atomic E-state index is 13.4. The summed E-state index contributed by atoms with van der Waals surface area (Å²) in [4.78, 5) is 32.0. The Morgan fingerprint density at radius 3 is 2.37 bits per heavy atom. The number of hydrogen-bond donors (Lipinski definition) is 0. The number of imide groups is 1. The number of benzene rings is 1. The van der Waals surface area contributed by atoms with E-state index in [-0.39, 0.29) is 11.9 Å². The fraction of sp³-hybridized carbons (Fsp3) is 0.600. The fourth-order valence-corrected chi connectivity index (χ4v) is 6.30. The van der Waals surface area contributed by atoms with E-state index in [1.807, 2.05) is 37.4 Å². The second-order valence-corrected chi connectivity index (χ2v) is 10.3. The minimum atomic E-state index is -0.663. The highest BCUT2D eigenvalue weighted by atomic mass is 16.2. The predicted molar refractivity (Wildman–Crippen MR) is 117 cm³/mol. The molecule has 0 radical (unpaired) electrons. The predicted octanol–water partition coefficient (Wildman–Crippen LogP) is 3.91. The Kier molecular flexibility index (Phi) is 4.58. The second-order valence-electron chi connectivity index (χ2n) is 10.3. The topological polar surface area (TPSA) is 43.9 Å². The molecule has 6 rings (SSSR count). The van der Waals surface area contributed by atoms with Crippen LogP contribution in [0.3, 0.4) is 0 Å². The van der Waals surface area contributed by atoms with Crippen molar-refractivity contribution >= 4 is 11.9 Å². The molecule has 2 heterocycles. The lowest BCUT2D eigenvalue weighted by atomic mass is 9.49. The number of fused-ring (bicyclic) bond motifs is 1. The number of likely N-dealkylation sites (tertiary alicyclic amines) is 1. The summed E-state index contributed by atoms with van der Waals surface area (Å²) in [5.74, 6) is 1.58. The SMILES string of the molecule is CN1C(=O)N(Cc2ccccc2)C(=O)C12CCN(CC1=CC[C@H]3C[C@@H]1C3(C)C)CC2. The minimum Gasteiger partial charge on any atom is -0.312 e. The summed E-state index contributed by atoms with van der Waals surface area (Å²) < 4.78 is 0. The smallest absolute Gasteiger partial charge is 0.312 e. The molecule has 2 aliphatic heterocycles. The molecule has 2 atom stereocenters. The molecule has 2 saturated heterocycles. The zero-order chi connectivity index (χ0) is 21.1. The van der Waals surface area contributed by atoms with Crippen molar-refractivity contribution in [1.29, 1.82) is 0 Å². The number of carbonyl (C=O) groups is 2. The quantitative estimate of drug-likeness (QED) is 0.562. The number of piperidine rings is 1. The Bertz CT molecular complexity index is 883. The molecule has 2 bridgehead atoms. The largest absolute Gasteiger partial charge is 0.327 e. The molecule has 30 heavy (non-hydrogen) atoms. The fourth-order valence-electron chi connectivity index (χ4n) is 6.30. The lowest BCUT2D eigenvalue weighted by Gasteiger charge is -2.57. The van der Waals surface area contributed by atoms with Gasteiger partial charge in [-0.1, -0.05) is 55.8 Å². The molecule has 1 aromatic rings. The molecule has 1 spiro atoms. The first-order valence-corrected chi connectivity index (χ1v) is 11.4. The van der Waals surface area contributed by atoms with Gasteiger partial charge in [-0.15, -0.1) is 0 Å². The van der Waals surface area contributed by atoms with Gasteiger partial charge in [-0.3, -0.25) is 14.6 Å². The summed E-state index contributed by atoms with van der Waals surface area (Å²) in [6, 6.07) is 9.63. The van der Waals surface area contributed by atoms with Crippen LogP contribution in [0, 0.1) is 17.3 Å². The van der Waals surface area contributed by atoms with Gasteiger partial charge in [-0.05, 0) is 48.5 Å². The maximum Gasteiger partial charge on any atom is 0.327 e. The third-order valence-electron chi connectivity index (χ3n) is 8.66. The zero-order valence-corrected chi connectivity index (χ0v) is 18.4. The average molecular weight is 408 g/mol. The summed E-state index contributed by atoms with van der Waals surface area (Å²) in [6.45, 7) is 7.97. The van der Waals surface area contributed by atoms with Gasteiger partial charge in [-0.25, -0.2) is 4.79 Å². The molecular formula is C25H33N3O2. The van der Waals surface area contributed by atoms with E-state index in [9.17, 15) is 9.59 Å². The Morgan fingerprint density at radius 1 is 1.03 bits per heavy atom. The third-order valence-corrected chi connectivity index (χ3v) is 8.66. The summed E-state index contributed by atoms with van der Waals surface area (Å²) in [7, 11) is 1.81. The van der Waals surface area contributed by atoms with E-state index in [1.165, 1.54) is 17.7 Å². The van der Waals surface area contributed by atoms with Gasteiger partial charge in [0.25, 0.3) is 5.91 Å². The molecule has 1 aromatic carbocycles. The van der Waals surface area contributed by atoms with Crippen LogP contribution in [0.2, 0.25) is 0 Å². The van der Waals surface area contributed by atoms with E-state index in [2.05, 4.69) is 24.8 Å². The first-order valence-electron chi connectivity index (χ1n) is 11.4. The minimum absolute atomic E-state index is 0.0154. The van der Waals surface area contributed by atoms with E-state index >= 15 is 0 Å². The van der Waals surface area contributed by atoms with Gasteiger partial charge in [0.15, 0.2) is 0 Å². The number of allylic oxidation sites excluding steroid dienone is 1. The van der Waals surface area contributed by atoms with E-state index in [4.69, 9.17) is 0 Å². The van der Waals surface area contributed by atoms with E-state index < -0.39 is 5.54 Å². The van der Waals surface area contributed by atoms with Crippen molar-refractivity contribution in [3.63, 3.8) is 0 Å². The van der Waals surface area contributed by atoms with Crippen LogP contribution in [-0.2, 0) is 11.3 Å². The highest BCUT2D eigenvalue weighted by Gasteiger charge is 2.57. The van der Waals surface area contributed by atoms with Crippen molar-refractivity contribution in [1.82, 2.24) is 14.7 Å². The van der Waals surface area contributed by atoms with Gasteiger partial charge in [0, 0.05) is 26.7 Å². The standard InChI is InChI=1S/C25H33N3O2/c1-24(2)20-10-9-19(21(24)15-20)17-27-13-11-25(12-14-27)22(29)28(23(30)26(25)3)16-18-7-5-4-6-8-18/h4-9,20-21H,10-17H2,1-3H3/t20-,21-/m0/s1. The number of rotatable bonds is 4. The van der Waals surface area contributed by atoms with Crippen LogP contribution in [0.1, 0.15) is 45.1 Å². The summed E-state index contributed by atoms with van der Waals surface area (Å²) in [5, 5.41) is 0. The lowest BCUT2D eigenvalue weighted by Crippen LogP contribution is -2.56. The van der Waals surface area contributed by atoms with Crippen LogP contribution < -0.4 is 0 Å². The Labute approximate surface area is 179 Å². The van der Waals surface area contributed by atoms with Crippen molar-refractivity contribution < 1.29 is 9.59 Å². The number of urea groups is 1. The molecule has 3 aliphatic carbocycles. The van der Waals surface area contributed by atoms with Gasteiger partial charge in [0.1, 0.15) is 5.54 Å². The van der Waals surface area contributed by atoms with Gasteiger partial charge in [-0.2, -0.15) is 0 Å². The Morgan fingerprint density at radius 2 is 1.73 bits per heavy atom. The van der Waals surface area contributed by atoms with Gasteiger partial charge in [0.2, 0.25) is 0 Å². The summed E-state index contributed by atoms with van der Waals surface area (Å²) in [6.07, 6.45) is 6.50. The summed E-state index contributed by atoms with van der Waals surface area (Å²) in [5.41, 5.74) is 2.39. The molecule has 0 N–H and O–H groups in total. The van der Waals surface area contributed by atoms with Gasteiger partial charge >= 0.3 is 6.03 Å². The van der Waals surface area contributed by atoms with E-state index in [0.717, 1.165) is 49.9 Å². The molecule has 5 heteroatoms. The number of hydrogen-bond acceptors (Lipinski definition) is 3. The monoisotopic (exact) mass is 407 g/mol. The van der Waals surface area contributed by atoms with Crippen LogP contribution in [-0.4, -0.2) is 58.9 Å². The van der Waals surface area contributed by atoms with Crippen LogP contribution in [0.4, 0.5) is 4.79 Å². The first kappa shape index (κ1) is 19.8. The van der Waals surface area contributed by atoms with Crippen LogP contribution in [0.5, 0.6) is 0 Å². The number of nitrogens with zero attached hydrogens (tertiary/aromatic N) is 3. The van der Waals surface area contributed by atoms with Gasteiger partial charge in [0.05, 0.1) is 6.54 Å². The molecular weight excluding hydrogens is 374 g/mol. The third kappa shape index (κ3) is 2.85. The molecule has 1 saturated carbocycles. The highest BCUT2D eigenvalue weighted by molar-refractivity contribution is 6.06.